The first kappa shape index (κ1) is 18.2. The molecular formula is C25H32O5. The van der Waals surface area contributed by atoms with E-state index in [0.29, 0.717) is 29.6 Å². The summed E-state index contributed by atoms with van der Waals surface area (Å²) < 4.78 is 5.33. The molecule has 2 bridgehead atoms. The molecule has 2 spiro atoms. The van der Waals surface area contributed by atoms with E-state index in [0.717, 1.165) is 38.5 Å². The van der Waals surface area contributed by atoms with Gasteiger partial charge in [0, 0.05) is 0 Å². The third-order valence-electron chi connectivity index (χ3n) is 12.4. The second-order valence-electron chi connectivity index (χ2n) is 12.7. The minimum atomic E-state index is -0.677. The van der Waals surface area contributed by atoms with E-state index in [1.54, 1.807) is 0 Å². The number of hydrogen-bond acceptors (Lipinski definition) is 4. The van der Waals surface area contributed by atoms with Gasteiger partial charge in [-0.3, -0.25) is 14.4 Å². The zero-order chi connectivity index (χ0) is 21.0. The molecule has 6 saturated carbocycles. The lowest BCUT2D eigenvalue weighted by atomic mass is 9.39. The molecule has 0 aromatic carbocycles. The van der Waals surface area contributed by atoms with Gasteiger partial charge in [0.25, 0.3) is 0 Å². The van der Waals surface area contributed by atoms with Gasteiger partial charge in [0.05, 0.1) is 17.3 Å². The maximum Gasteiger partial charge on any atom is 0.318 e. The zero-order valence-corrected chi connectivity index (χ0v) is 18.1. The lowest BCUT2D eigenvalue weighted by Gasteiger charge is -2.63. The highest BCUT2D eigenvalue weighted by Crippen LogP contribution is 2.93. The van der Waals surface area contributed by atoms with Crippen molar-refractivity contribution >= 4 is 17.9 Å². The number of esters is 2. The molecule has 0 amide bonds. The summed E-state index contributed by atoms with van der Waals surface area (Å²) in [5, 5.41) is 10.2. The highest BCUT2D eigenvalue weighted by Gasteiger charge is 2.91. The van der Waals surface area contributed by atoms with E-state index in [1.165, 1.54) is 6.42 Å². The van der Waals surface area contributed by atoms with Crippen molar-refractivity contribution in [3.05, 3.63) is 0 Å². The maximum absolute atomic E-state index is 13.1. The van der Waals surface area contributed by atoms with Crippen LogP contribution in [0, 0.1) is 69.0 Å². The number of fused-ring (bicyclic) bond motifs is 5. The van der Waals surface area contributed by atoms with Gasteiger partial charge in [-0.05, 0) is 97.2 Å². The number of ether oxygens (including phenoxy) is 1. The molecule has 1 heterocycles. The molecule has 7 fully saturated rings. The van der Waals surface area contributed by atoms with Gasteiger partial charge in [-0.25, -0.2) is 0 Å². The Bertz CT molecular complexity index is 926. The zero-order valence-electron chi connectivity index (χ0n) is 18.1. The van der Waals surface area contributed by atoms with Crippen LogP contribution in [0.25, 0.3) is 0 Å². The van der Waals surface area contributed by atoms with E-state index >= 15 is 0 Å². The number of hydrogen-bond donors (Lipinski definition) is 1. The Labute approximate surface area is 177 Å². The van der Waals surface area contributed by atoms with Crippen LogP contribution < -0.4 is 0 Å². The Kier molecular flexibility index (Phi) is 2.93. The van der Waals surface area contributed by atoms with Crippen LogP contribution in [0.1, 0.15) is 65.7 Å². The van der Waals surface area contributed by atoms with Crippen LogP contribution in [0.5, 0.6) is 0 Å². The Morgan fingerprint density at radius 1 is 1.00 bits per heavy atom. The van der Waals surface area contributed by atoms with Gasteiger partial charge in [-0.1, -0.05) is 20.3 Å². The lowest BCUT2D eigenvalue weighted by molar-refractivity contribution is -0.191. The molecule has 0 radical (unpaired) electrons. The minimum Gasteiger partial charge on any atom is -0.481 e. The van der Waals surface area contributed by atoms with Crippen molar-refractivity contribution < 1.29 is 24.2 Å². The predicted molar refractivity (Wildman–Crippen MR) is 106 cm³/mol. The molecule has 1 N–H and O–H groups in total. The van der Waals surface area contributed by atoms with Gasteiger partial charge in [0.15, 0.2) is 0 Å². The molecule has 1 aliphatic heterocycles. The molecule has 7 rings (SSSR count). The molecule has 5 nitrogen and oxygen atoms in total. The average Bonchev–Trinajstić information content (AvgIpc) is 2.97. The van der Waals surface area contributed by atoms with Gasteiger partial charge in [0.2, 0.25) is 0 Å². The standard InChI is InChI=1S/C25H32O5/c1-11-9-13-24-8-5-12-22(2,6-4-7-23(12,3)21(28)29)14(24)10-25(13)16(11)17(25)15-18(24)20(27)30-19(15)26/h11-18H,4-10H2,1-3H3,(H,28,29). The van der Waals surface area contributed by atoms with Crippen molar-refractivity contribution in [2.45, 2.75) is 65.7 Å². The summed E-state index contributed by atoms with van der Waals surface area (Å²) in [6, 6.07) is 0. The molecule has 12 unspecified atom stereocenters. The number of carbonyl (C=O) groups is 3. The van der Waals surface area contributed by atoms with Crippen molar-refractivity contribution in [3.8, 4) is 0 Å². The Morgan fingerprint density at radius 2 is 1.77 bits per heavy atom. The van der Waals surface area contributed by atoms with Gasteiger partial charge in [-0.15, -0.1) is 0 Å². The minimum absolute atomic E-state index is 0.0650. The lowest BCUT2D eigenvalue weighted by Crippen LogP contribution is -2.61. The van der Waals surface area contributed by atoms with Crippen LogP contribution in [0.4, 0.5) is 0 Å². The molecule has 7 aliphatic rings. The first-order valence-electron chi connectivity index (χ1n) is 12.1. The molecule has 6 aliphatic carbocycles. The van der Waals surface area contributed by atoms with Crippen molar-refractivity contribution in [2.75, 3.05) is 0 Å². The summed E-state index contributed by atoms with van der Waals surface area (Å²) in [5.41, 5.74) is -0.663. The van der Waals surface area contributed by atoms with E-state index in [2.05, 4.69) is 13.8 Å². The summed E-state index contributed by atoms with van der Waals surface area (Å²) in [5.74, 6) is 0.909. The van der Waals surface area contributed by atoms with E-state index in [-0.39, 0.29) is 45.9 Å². The third kappa shape index (κ3) is 1.51. The average molecular weight is 413 g/mol. The van der Waals surface area contributed by atoms with Crippen molar-refractivity contribution in [1.82, 2.24) is 0 Å². The summed E-state index contributed by atoms with van der Waals surface area (Å²) in [7, 11) is 0. The second kappa shape index (κ2) is 4.83. The fraction of sp³-hybridized carbons (Fsp3) is 0.880. The largest absolute Gasteiger partial charge is 0.481 e. The van der Waals surface area contributed by atoms with E-state index in [9.17, 15) is 19.5 Å². The Hall–Kier alpha value is -1.39. The summed E-state index contributed by atoms with van der Waals surface area (Å²) in [6.45, 7) is 6.68. The Morgan fingerprint density at radius 3 is 2.50 bits per heavy atom. The van der Waals surface area contributed by atoms with E-state index in [4.69, 9.17) is 4.74 Å². The predicted octanol–water partition coefficient (Wildman–Crippen LogP) is 3.90. The second-order valence-corrected chi connectivity index (χ2v) is 12.7. The molecular weight excluding hydrogens is 380 g/mol. The Balaban J connectivity index is 1.42. The van der Waals surface area contributed by atoms with Crippen LogP contribution in [-0.2, 0) is 19.1 Å². The number of carboxylic acid groups (broad SMARTS) is 1. The quantitative estimate of drug-likeness (QED) is 0.522. The highest BCUT2D eigenvalue weighted by molar-refractivity contribution is 5.98. The van der Waals surface area contributed by atoms with E-state index in [1.807, 2.05) is 6.92 Å². The van der Waals surface area contributed by atoms with E-state index < -0.39 is 11.4 Å². The number of rotatable bonds is 1. The fourth-order valence-corrected chi connectivity index (χ4v) is 11.9. The SMILES string of the molecule is CC1CC2C34CC5C6(C)CCCC(C)(C(=O)O)C6CCC52C2C(=O)OC(=O)C2C3C14. The summed E-state index contributed by atoms with van der Waals surface area (Å²) in [6.07, 6.45) is 6.83. The normalized spacial score (nSPS) is 64.1. The molecule has 30 heavy (non-hydrogen) atoms. The van der Waals surface area contributed by atoms with Crippen molar-refractivity contribution in [1.29, 1.82) is 0 Å². The first-order valence-corrected chi connectivity index (χ1v) is 12.1. The highest BCUT2D eigenvalue weighted by atomic mass is 16.6. The smallest absolute Gasteiger partial charge is 0.318 e. The summed E-state index contributed by atoms with van der Waals surface area (Å²) >= 11 is 0. The van der Waals surface area contributed by atoms with Crippen LogP contribution in [0.3, 0.4) is 0 Å². The topological polar surface area (TPSA) is 80.7 Å². The van der Waals surface area contributed by atoms with Crippen LogP contribution in [0.15, 0.2) is 0 Å². The molecule has 0 aromatic rings. The van der Waals surface area contributed by atoms with Gasteiger partial charge in [0.1, 0.15) is 0 Å². The van der Waals surface area contributed by atoms with Crippen LogP contribution >= 0.6 is 0 Å². The number of carbonyl (C=O) groups excluding carboxylic acids is 2. The molecule has 1 saturated heterocycles. The molecule has 162 valence electrons. The van der Waals surface area contributed by atoms with Crippen LogP contribution in [0.2, 0.25) is 0 Å². The van der Waals surface area contributed by atoms with Gasteiger partial charge < -0.3 is 9.84 Å². The number of carboxylic acids is 1. The van der Waals surface area contributed by atoms with Gasteiger partial charge >= 0.3 is 17.9 Å². The number of cyclic esters (lactones) is 2. The van der Waals surface area contributed by atoms with Crippen molar-refractivity contribution in [2.24, 2.45) is 69.0 Å². The maximum atomic E-state index is 13.1. The first-order chi connectivity index (χ1) is 14.1. The van der Waals surface area contributed by atoms with Gasteiger partial charge in [-0.2, -0.15) is 0 Å². The third-order valence-corrected chi connectivity index (χ3v) is 12.4. The monoisotopic (exact) mass is 412 g/mol. The summed E-state index contributed by atoms with van der Waals surface area (Å²) in [4.78, 5) is 38.4. The fourth-order valence-electron chi connectivity index (χ4n) is 11.9. The molecule has 0 aromatic heterocycles. The molecule has 5 heteroatoms. The van der Waals surface area contributed by atoms with Crippen molar-refractivity contribution in [3.63, 3.8) is 0 Å². The van der Waals surface area contributed by atoms with Crippen LogP contribution in [-0.4, -0.2) is 23.0 Å². The molecule has 12 atom stereocenters. The number of aliphatic carboxylic acids is 1.